The Kier molecular flexibility index (Phi) is 11.1. The minimum Gasteiger partial charge on any atom is -0.394 e. The van der Waals surface area contributed by atoms with Gasteiger partial charge in [-0.2, -0.15) is 0 Å². The highest BCUT2D eigenvalue weighted by molar-refractivity contribution is 6.67. The molecule has 6 heteroatoms. The zero-order chi connectivity index (χ0) is 13.0. The minimum absolute atomic E-state index is 0.0670. The summed E-state index contributed by atoms with van der Waals surface area (Å²) in [5, 5.41) is 8.59. The molecule has 0 fully saturated rings. The van der Waals surface area contributed by atoms with Gasteiger partial charge in [-0.3, -0.25) is 0 Å². The number of ether oxygens (including phenoxy) is 2. The van der Waals surface area contributed by atoms with Crippen molar-refractivity contribution in [3.8, 4) is 0 Å². The molecule has 0 atom stereocenters. The molecule has 0 unspecified atom stereocenters. The van der Waals surface area contributed by atoms with Gasteiger partial charge < -0.3 is 23.4 Å². The first-order valence-electron chi connectivity index (χ1n) is 6.20. The third-order valence-electron chi connectivity index (χ3n) is 2.26. The number of methoxy groups -OCH3 is 1. The van der Waals surface area contributed by atoms with Crippen LogP contribution in [-0.2, 0) is 18.3 Å². The van der Waals surface area contributed by atoms with Crippen LogP contribution in [0.1, 0.15) is 20.3 Å². The number of aliphatic hydroxyl groups excluding tert-OH is 1. The predicted octanol–water partition coefficient (Wildman–Crippen LogP) is 1.09. The maximum absolute atomic E-state index is 8.59. The second-order valence-corrected chi connectivity index (χ2v) is 6.84. The summed E-state index contributed by atoms with van der Waals surface area (Å²) in [5.41, 5.74) is 0. The Hall–Kier alpha value is 0.0169. The summed E-state index contributed by atoms with van der Waals surface area (Å²) >= 11 is 0. The Bertz CT molecular complexity index is 151. The first-order chi connectivity index (χ1) is 8.24. The van der Waals surface area contributed by atoms with Crippen LogP contribution < -0.4 is 0 Å². The van der Waals surface area contributed by atoms with Gasteiger partial charge in [-0.05, 0) is 26.3 Å². The predicted molar refractivity (Wildman–Crippen MR) is 68.2 cm³/mol. The standard InChI is InChI=1S/C11H26O5Si/c1-4-15-17(11-13-3,16-5-2)10-6-8-14-9-7-12/h12H,4-11H2,1-3H3. The average Bonchev–Trinajstić information content (AvgIpc) is 2.30. The van der Waals surface area contributed by atoms with Crippen molar-refractivity contribution in [3.63, 3.8) is 0 Å². The van der Waals surface area contributed by atoms with Crippen molar-refractivity contribution in [1.29, 1.82) is 0 Å². The Balaban J connectivity index is 4.05. The average molecular weight is 266 g/mol. The van der Waals surface area contributed by atoms with Crippen LogP contribution in [-0.4, -0.2) is 60.0 Å². The molecule has 0 aliphatic carbocycles. The van der Waals surface area contributed by atoms with Crippen LogP contribution in [0.3, 0.4) is 0 Å². The molecule has 0 aliphatic rings. The largest absolute Gasteiger partial charge is 0.394 e. The molecule has 1 N–H and O–H groups in total. The van der Waals surface area contributed by atoms with Crippen molar-refractivity contribution in [2.75, 3.05) is 46.4 Å². The molecule has 5 nitrogen and oxygen atoms in total. The molecule has 0 spiro atoms. The molecule has 0 saturated carbocycles. The van der Waals surface area contributed by atoms with Crippen molar-refractivity contribution in [2.24, 2.45) is 0 Å². The van der Waals surface area contributed by atoms with E-state index in [2.05, 4.69) is 0 Å². The third kappa shape index (κ3) is 7.85. The zero-order valence-corrected chi connectivity index (χ0v) is 12.2. The molecule has 0 aliphatic heterocycles. The lowest BCUT2D eigenvalue weighted by Gasteiger charge is -2.29. The maximum Gasteiger partial charge on any atom is 0.364 e. The summed E-state index contributed by atoms with van der Waals surface area (Å²) in [6.07, 6.45) is 1.42. The van der Waals surface area contributed by atoms with Crippen LogP contribution in [0.2, 0.25) is 6.04 Å². The summed E-state index contributed by atoms with van der Waals surface area (Å²) in [6, 6.07) is 0.855. The van der Waals surface area contributed by atoms with E-state index in [0.717, 1.165) is 12.5 Å². The normalized spacial score (nSPS) is 12.0. The van der Waals surface area contributed by atoms with Crippen LogP contribution in [0.15, 0.2) is 0 Å². The number of hydrogen-bond donors (Lipinski definition) is 1. The molecule has 104 valence electrons. The van der Waals surface area contributed by atoms with Gasteiger partial charge in [-0.1, -0.05) is 0 Å². The first kappa shape index (κ1) is 17.0. The summed E-state index contributed by atoms with van der Waals surface area (Å²) < 4.78 is 22.1. The molecule has 0 heterocycles. The van der Waals surface area contributed by atoms with Crippen molar-refractivity contribution >= 4 is 8.56 Å². The minimum atomic E-state index is -2.22. The van der Waals surface area contributed by atoms with E-state index in [9.17, 15) is 0 Å². The van der Waals surface area contributed by atoms with Crippen molar-refractivity contribution in [2.45, 2.75) is 26.3 Å². The third-order valence-corrected chi connectivity index (χ3v) is 5.73. The number of aliphatic hydroxyl groups is 1. The monoisotopic (exact) mass is 266 g/mol. The molecule has 0 saturated heterocycles. The van der Waals surface area contributed by atoms with Crippen molar-refractivity contribution in [3.05, 3.63) is 0 Å². The van der Waals surface area contributed by atoms with E-state index >= 15 is 0 Å². The van der Waals surface area contributed by atoms with Gasteiger partial charge in [-0.15, -0.1) is 0 Å². The van der Waals surface area contributed by atoms with Gasteiger partial charge in [0.2, 0.25) is 0 Å². The Morgan fingerprint density at radius 1 is 1.06 bits per heavy atom. The van der Waals surface area contributed by atoms with Crippen LogP contribution in [0.5, 0.6) is 0 Å². The highest BCUT2D eigenvalue weighted by Crippen LogP contribution is 2.16. The number of rotatable bonds is 12. The quantitative estimate of drug-likeness (QED) is 0.423. The molecule has 17 heavy (non-hydrogen) atoms. The number of hydrogen-bond acceptors (Lipinski definition) is 5. The fourth-order valence-electron chi connectivity index (χ4n) is 1.70. The van der Waals surface area contributed by atoms with Gasteiger partial charge in [0.15, 0.2) is 0 Å². The molecule has 0 aromatic heterocycles. The van der Waals surface area contributed by atoms with E-state index in [4.69, 9.17) is 23.4 Å². The lowest BCUT2D eigenvalue weighted by atomic mass is 10.5. The van der Waals surface area contributed by atoms with Crippen LogP contribution >= 0.6 is 0 Å². The second-order valence-electron chi connectivity index (χ2n) is 3.65. The van der Waals surface area contributed by atoms with Crippen molar-refractivity contribution in [1.82, 2.24) is 0 Å². The van der Waals surface area contributed by atoms with Gasteiger partial charge in [0, 0.05) is 26.9 Å². The van der Waals surface area contributed by atoms with Gasteiger partial charge in [0.25, 0.3) is 0 Å². The van der Waals surface area contributed by atoms with E-state index < -0.39 is 8.56 Å². The molecule has 0 amide bonds. The van der Waals surface area contributed by atoms with Crippen LogP contribution in [0.4, 0.5) is 0 Å². The summed E-state index contributed by atoms with van der Waals surface area (Å²) in [5.74, 6) is 0. The lowest BCUT2D eigenvalue weighted by molar-refractivity contribution is 0.0878. The SMILES string of the molecule is CCO[Si](CCCOCCO)(COC)OCC. The van der Waals surface area contributed by atoms with E-state index in [1.165, 1.54) is 0 Å². The molecule has 0 radical (unpaired) electrons. The molecular formula is C11H26O5Si. The lowest BCUT2D eigenvalue weighted by Crippen LogP contribution is -2.47. The van der Waals surface area contributed by atoms with Gasteiger partial charge in [0.1, 0.15) is 0 Å². The van der Waals surface area contributed by atoms with Crippen LogP contribution in [0, 0.1) is 0 Å². The van der Waals surface area contributed by atoms with Gasteiger partial charge in [-0.25, -0.2) is 0 Å². The first-order valence-corrected chi connectivity index (χ1v) is 8.43. The zero-order valence-electron chi connectivity index (χ0n) is 11.2. The Labute approximate surface area is 105 Å². The molecular weight excluding hydrogens is 240 g/mol. The summed E-state index contributed by atoms with van der Waals surface area (Å²) in [4.78, 5) is 0. The molecule has 0 aromatic rings. The Morgan fingerprint density at radius 2 is 1.71 bits per heavy atom. The fourth-order valence-corrected chi connectivity index (χ4v) is 4.56. The highest BCUT2D eigenvalue weighted by atomic mass is 28.4. The Morgan fingerprint density at radius 3 is 2.18 bits per heavy atom. The molecule has 0 bridgehead atoms. The fraction of sp³-hybridized carbons (Fsp3) is 1.00. The van der Waals surface area contributed by atoms with Crippen LogP contribution in [0.25, 0.3) is 0 Å². The topological polar surface area (TPSA) is 57.2 Å². The summed E-state index contributed by atoms with van der Waals surface area (Å²) in [6.45, 7) is 6.32. The molecule has 0 aromatic carbocycles. The summed E-state index contributed by atoms with van der Waals surface area (Å²) in [7, 11) is -0.552. The second kappa shape index (κ2) is 11.1. The van der Waals surface area contributed by atoms with Gasteiger partial charge >= 0.3 is 8.56 Å². The molecule has 0 rings (SSSR count). The van der Waals surface area contributed by atoms with E-state index in [-0.39, 0.29) is 6.61 Å². The van der Waals surface area contributed by atoms with E-state index in [0.29, 0.717) is 32.7 Å². The van der Waals surface area contributed by atoms with E-state index in [1.807, 2.05) is 13.8 Å². The van der Waals surface area contributed by atoms with Crippen molar-refractivity contribution < 1.29 is 23.4 Å². The van der Waals surface area contributed by atoms with Gasteiger partial charge in [0.05, 0.1) is 19.4 Å². The van der Waals surface area contributed by atoms with E-state index in [1.54, 1.807) is 7.11 Å². The highest BCUT2D eigenvalue weighted by Gasteiger charge is 2.36. The smallest absolute Gasteiger partial charge is 0.364 e. The maximum atomic E-state index is 8.59.